The molecule has 0 saturated carbocycles. The van der Waals surface area contributed by atoms with Crippen LogP contribution in [0, 0.1) is 5.41 Å². The molecular weight excluding hydrogens is 273 g/mol. The van der Waals surface area contributed by atoms with Crippen LogP contribution in [0.3, 0.4) is 0 Å². The molecule has 0 amide bonds. The molecule has 0 aromatic heterocycles. The minimum atomic E-state index is 0.248. The van der Waals surface area contributed by atoms with Gasteiger partial charge in [0.05, 0.1) is 10.0 Å². The van der Waals surface area contributed by atoms with Crippen LogP contribution in [-0.4, -0.2) is 12.3 Å². The maximum Gasteiger partial charge on any atom is 0.0603 e. The molecule has 0 aliphatic carbocycles. The summed E-state index contributed by atoms with van der Waals surface area (Å²) in [4.78, 5) is 1.17. The van der Waals surface area contributed by atoms with Gasteiger partial charge in [-0.05, 0) is 48.8 Å². The Bertz CT molecular complexity index is 366. The molecule has 0 fully saturated rings. The number of rotatable bonds is 6. The monoisotopic (exact) mass is 291 g/mol. The summed E-state index contributed by atoms with van der Waals surface area (Å²) in [5.74, 6) is 1.08. The Hall–Kier alpha value is 0.110. The summed E-state index contributed by atoms with van der Waals surface area (Å²) in [6, 6.07) is 5.77. The van der Waals surface area contributed by atoms with Gasteiger partial charge in [-0.15, -0.1) is 11.8 Å². The van der Waals surface area contributed by atoms with Crippen LogP contribution in [0.2, 0.25) is 10.0 Å². The van der Waals surface area contributed by atoms with Crippen molar-refractivity contribution in [2.45, 2.75) is 31.6 Å². The number of thioether (sulfide) groups is 1. The highest BCUT2D eigenvalue weighted by atomic mass is 35.5. The minimum absolute atomic E-state index is 0.248. The third-order valence-corrected chi connectivity index (χ3v) is 4.53. The van der Waals surface area contributed by atoms with Gasteiger partial charge in [-0.25, -0.2) is 0 Å². The molecule has 1 aromatic carbocycles. The van der Waals surface area contributed by atoms with Crippen LogP contribution >= 0.6 is 35.0 Å². The van der Waals surface area contributed by atoms with Crippen LogP contribution in [0.1, 0.15) is 26.7 Å². The van der Waals surface area contributed by atoms with Crippen LogP contribution in [0.25, 0.3) is 0 Å². The molecule has 1 nitrogen and oxygen atoms in total. The first-order valence-corrected chi connectivity index (χ1v) is 7.47. The summed E-state index contributed by atoms with van der Waals surface area (Å²) >= 11 is 13.6. The predicted octanol–water partition coefficient (Wildman–Crippen LogP) is 4.85. The number of halogens is 2. The summed E-state index contributed by atoms with van der Waals surface area (Å²) in [6.07, 6.45) is 2.31. The lowest BCUT2D eigenvalue weighted by Gasteiger charge is -2.21. The van der Waals surface area contributed by atoms with E-state index in [9.17, 15) is 0 Å². The van der Waals surface area contributed by atoms with E-state index in [1.54, 1.807) is 0 Å². The molecule has 4 heteroatoms. The predicted molar refractivity (Wildman–Crippen MR) is 79.3 cm³/mol. The Labute approximate surface area is 118 Å². The van der Waals surface area contributed by atoms with Crippen molar-refractivity contribution >= 4 is 35.0 Å². The Morgan fingerprint density at radius 2 is 1.94 bits per heavy atom. The van der Waals surface area contributed by atoms with E-state index in [1.165, 1.54) is 4.90 Å². The van der Waals surface area contributed by atoms with Gasteiger partial charge >= 0.3 is 0 Å². The van der Waals surface area contributed by atoms with Gasteiger partial charge in [0.15, 0.2) is 0 Å². The molecule has 0 aliphatic rings. The zero-order valence-electron chi connectivity index (χ0n) is 10.3. The molecule has 0 unspecified atom stereocenters. The fraction of sp³-hybridized carbons (Fsp3) is 0.538. The molecule has 0 radical (unpaired) electrons. The van der Waals surface area contributed by atoms with E-state index in [2.05, 4.69) is 13.8 Å². The van der Waals surface area contributed by atoms with Crippen LogP contribution in [0.5, 0.6) is 0 Å². The molecule has 0 heterocycles. The van der Waals surface area contributed by atoms with E-state index in [1.807, 2.05) is 30.0 Å². The topological polar surface area (TPSA) is 26.0 Å². The van der Waals surface area contributed by atoms with Gasteiger partial charge in [0.1, 0.15) is 0 Å². The summed E-state index contributed by atoms with van der Waals surface area (Å²) in [6.45, 7) is 5.15. The molecule has 17 heavy (non-hydrogen) atoms. The normalized spacial score (nSPS) is 11.8. The largest absolute Gasteiger partial charge is 0.330 e. The second-order valence-corrected chi connectivity index (χ2v) is 6.88. The van der Waals surface area contributed by atoms with Crippen molar-refractivity contribution in [3.05, 3.63) is 28.2 Å². The molecule has 96 valence electrons. The van der Waals surface area contributed by atoms with Gasteiger partial charge in [-0.1, -0.05) is 37.0 Å². The van der Waals surface area contributed by atoms with Gasteiger partial charge < -0.3 is 5.73 Å². The molecule has 0 atom stereocenters. The van der Waals surface area contributed by atoms with Crippen LogP contribution < -0.4 is 5.73 Å². The van der Waals surface area contributed by atoms with E-state index in [-0.39, 0.29) is 5.41 Å². The minimum Gasteiger partial charge on any atom is -0.330 e. The average Bonchev–Trinajstić information content (AvgIpc) is 2.29. The van der Waals surface area contributed by atoms with Crippen LogP contribution in [-0.2, 0) is 0 Å². The van der Waals surface area contributed by atoms with E-state index >= 15 is 0 Å². The van der Waals surface area contributed by atoms with Crippen molar-refractivity contribution < 1.29 is 0 Å². The highest BCUT2D eigenvalue weighted by molar-refractivity contribution is 7.99. The second-order valence-electron chi connectivity index (χ2n) is 4.90. The standard InChI is InChI=1S/C13H19Cl2NS/c1-13(2,9-16)6-3-7-17-10-4-5-11(14)12(15)8-10/h4-5,8H,3,6-7,9,16H2,1-2H3. The fourth-order valence-corrected chi connectivity index (χ4v) is 2.66. The zero-order valence-corrected chi connectivity index (χ0v) is 12.6. The van der Waals surface area contributed by atoms with Crippen molar-refractivity contribution in [3.8, 4) is 0 Å². The zero-order chi connectivity index (χ0) is 12.9. The first-order chi connectivity index (χ1) is 7.94. The summed E-state index contributed by atoms with van der Waals surface area (Å²) < 4.78 is 0. The Morgan fingerprint density at radius 3 is 2.53 bits per heavy atom. The lowest BCUT2D eigenvalue weighted by molar-refractivity contribution is 0.345. The third-order valence-electron chi connectivity index (χ3n) is 2.71. The van der Waals surface area contributed by atoms with Crippen LogP contribution in [0.4, 0.5) is 0 Å². The van der Waals surface area contributed by atoms with Crippen molar-refractivity contribution in [1.82, 2.24) is 0 Å². The van der Waals surface area contributed by atoms with Gasteiger partial charge in [-0.2, -0.15) is 0 Å². The highest BCUT2D eigenvalue weighted by Gasteiger charge is 2.14. The van der Waals surface area contributed by atoms with Gasteiger partial charge in [0.2, 0.25) is 0 Å². The fourth-order valence-electron chi connectivity index (χ4n) is 1.41. The molecule has 1 aromatic rings. The molecule has 2 N–H and O–H groups in total. The van der Waals surface area contributed by atoms with E-state index < -0.39 is 0 Å². The molecule has 0 aliphatic heterocycles. The molecule has 1 rings (SSSR count). The number of hydrogen-bond acceptors (Lipinski definition) is 2. The maximum atomic E-state index is 5.96. The highest BCUT2D eigenvalue weighted by Crippen LogP contribution is 2.29. The Balaban J connectivity index is 2.34. The Morgan fingerprint density at radius 1 is 1.24 bits per heavy atom. The third kappa shape index (κ3) is 5.52. The smallest absolute Gasteiger partial charge is 0.0603 e. The van der Waals surface area contributed by atoms with E-state index in [4.69, 9.17) is 28.9 Å². The van der Waals surface area contributed by atoms with Gasteiger partial charge in [-0.3, -0.25) is 0 Å². The number of hydrogen-bond donors (Lipinski definition) is 1. The summed E-state index contributed by atoms with van der Waals surface area (Å²) in [5, 5.41) is 1.24. The van der Waals surface area contributed by atoms with E-state index in [0.29, 0.717) is 10.0 Å². The average molecular weight is 292 g/mol. The number of nitrogens with two attached hydrogens (primary N) is 1. The first kappa shape index (κ1) is 15.2. The second kappa shape index (κ2) is 6.89. The quantitative estimate of drug-likeness (QED) is 0.599. The number of benzene rings is 1. The maximum absolute atomic E-state index is 5.96. The Kier molecular flexibility index (Phi) is 6.14. The molecule has 0 spiro atoms. The first-order valence-electron chi connectivity index (χ1n) is 5.72. The lowest BCUT2D eigenvalue weighted by Crippen LogP contribution is -2.23. The van der Waals surface area contributed by atoms with Gasteiger partial charge in [0.25, 0.3) is 0 Å². The molecular formula is C13H19Cl2NS. The summed E-state index contributed by atoms with van der Waals surface area (Å²) in [5.41, 5.74) is 5.95. The van der Waals surface area contributed by atoms with Gasteiger partial charge in [0, 0.05) is 4.90 Å². The molecule has 0 saturated heterocycles. The van der Waals surface area contributed by atoms with Crippen LogP contribution in [0.15, 0.2) is 23.1 Å². The van der Waals surface area contributed by atoms with Crippen molar-refractivity contribution in [2.75, 3.05) is 12.3 Å². The lowest BCUT2D eigenvalue weighted by atomic mass is 9.88. The van der Waals surface area contributed by atoms with E-state index in [0.717, 1.165) is 25.1 Å². The van der Waals surface area contributed by atoms with Crippen molar-refractivity contribution in [1.29, 1.82) is 0 Å². The SMILES string of the molecule is CC(C)(CN)CCCSc1ccc(Cl)c(Cl)c1. The van der Waals surface area contributed by atoms with Crippen molar-refractivity contribution in [3.63, 3.8) is 0 Å². The summed E-state index contributed by atoms with van der Waals surface area (Å²) in [7, 11) is 0. The molecule has 0 bridgehead atoms. The van der Waals surface area contributed by atoms with Crippen molar-refractivity contribution in [2.24, 2.45) is 11.1 Å².